The maximum Gasteiger partial charge on any atom is 0.156 e. The molecule has 2 aromatic rings. The van der Waals surface area contributed by atoms with Crippen LogP contribution in [0.15, 0.2) is 24.3 Å². The largest absolute Gasteiger partial charge is 0.383 e. The van der Waals surface area contributed by atoms with Crippen molar-refractivity contribution in [2.24, 2.45) is 0 Å². The summed E-state index contributed by atoms with van der Waals surface area (Å²) in [5.41, 5.74) is 7.57. The number of nitrogen functional groups attached to an aromatic ring is 1. The highest BCUT2D eigenvalue weighted by molar-refractivity contribution is 5.91. The molecule has 112 valence electrons. The molecular formula is C16H20FN3O. The smallest absolute Gasteiger partial charge is 0.156 e. The summed E-state index contributed by atoms with van der Waals surface area (Å²) in [5, 5.41) is 4.42. The van der Waals surface area contributed by atoms with E-state index < -0.39 is 0 Å². The second-order valence-electron chi connectivity index (χ2n) is 5.06. The Hall–Kier alpha value is -2.17. The van der Waals surface area contributed by atoms with Crippen molar-refractivity contribution < 1.29 is 9.18 Å². The molecule has 0 aliphatic carbocycles. The van der Waals surface area contributed by atoms with Crippen LogP contribution >= 0.6 is 0 Å². The fourth-order valence-electron chi connectivity index (χ4n) is 2.28. The molecule has 0 bridgehead atoms. The Balaban J connectivity index is 2.25. The topological polar surface area (TPSA) is 60.9 Å². The summed E-state index contributed by atoms with van der Waals surface area (Å²) < 4.78 is 14.7. The van der Waals surface area contributed by atoms with Gasteiger partial charge in [0.2, 0.25) is 0 Å². The molecule has 2 N–H and O–H groups in total. The van der Waals surface area contributed by atoms with Crippen LogP contribution in [-0.2, 0) is 6.54 Å². The van der Waals surface area contributed by atoms with Gasteiger partial charge in [-0.05, 0) is 30.7 Å². The van der Waals surface area contributed by atoms with E-state index in [9.17, 15) is 9.18 Å². The number of hydrogen-bond donors (Lipinski definition) is 1. The number of hydrogen-bond acceptors (Lipinski definition) is 3. The van der Waals surface area contributed by atoms with Crippen LogP contribution in [0.25, 0.3) is 11.3 Å². The van der Waals surface area contributed by atoms with E-state index in [4.69, 9.17) is 5.73 Å². The Morgan fingerprint density at radius 3 is 2.57 bits per heavy atom. The highest BCUT2D eigenvalue weighted by Crippen LogP contribution is 2.26. The first-order valence-electron chi connectivity index (χ1n) is 7.24. The normalized spacial score (nSPS) is 10.8. The van der Waals surface area contributed by atoms with Crippen molar-refractivity contribution in [3.8, 4) is 11.3 Å². The Kier molecular flexibility index (Phi) is 5.09. The van der Waals surface area contributed by atoms with Crippen LogP contribution in [-0.4, -0.2) is 16.1 Å². The summed E-state index contributed by atoms with van der Waals surface area (Å²) in [6.45, 7) is 2.84. The lowest BCUT2D eigenvalue weighted by atomic mass is 10.1. The van der Waals surface area contributed by atoms with Crippen molar-refractivity contribution in [3.05, 3.63) is 35.6 Å². The maximum atomic E-state index is 13.0. The van der Waals surface area contributed by atoms with Crippen LogP contribution in [0.4, 0.5) is 10.2 Å². The van der Waals surface area contributed by atoms with Crippen LogP contribution in [0.1, 0.15) is 43.0 Å². The van der Waals surface area contributed by atoms with E-state index in [1.807, 2.05) is 0 Å². The summed E-state index contributed by atoms with van der Waals surface area (Å²) in [4.78, 5) is 11.3. The summed E-state index contributed by atoms with van der Waals surface area (Å²) >= 11 is 0. The van der Waals surface area contributed by atoms with Gasteiger partial charge < -0.3 is 5.73 Å². The van der Waals surface area contributed by atoms with Crippen LogP contribution in [0, 0.1) is 5.82 Å². The number of aromatic nitrogens is 2. The van der Waals surface area contributed by atoms with E-state index in [2.05, 4.69) is 12.0 Å². The third kappa shape index (κ3) is 3.48. The monoisotopic (exact) mass is 289 g/mol. The highest BCUT2D eigenvalue weighted by Gasteiger charge is 2.16. The Morgan fingerprint density at radius 2 is 1.95 bits per heavy atom. The van der Waals surface area contributed by atoms with Gasteiger partial charge in [-0.2, -0.15) is 5.10 Å². The third-order valence-electron chi connectivity index (χ3n) is 3.49. The van der Waals surface area contributed by atoms with Crippen LogP contribution in [0.3, 0.4) is 0 Å². The first-order chi connectivity index (χ1) is 10.2. The third-order valence-corrected chi connectivity index (χ3v) is 3.49. The van der Waals surface area contributed by atoms with E-state index in [0.717, 1.165) is 19.3 Å². The van der Waals surface area contributed by atoms with Gasteiger partial charge in [0, 0.05) is 12.1 Å². The standard InChI is InChI=1S/C16H20FN3O/c1-2-3-4-5-10-20-16(18)14(11-21)15(19-20)12-6-8-13(17)9-7-12/h6-9,11H,2-5,10,18H2,1H3. The molecule has 0 amide bonds. The van der Waals surface area contributed by atoms with Crippen molar-refractivity contribution in [2.75, 3.05) is 5.73 Å². The van der Waals surface area contributed by atoms with Gasteiger partial charge in [-0.25, -0.2) is 9.07 Å². The van der Waals surface area contributed by atoms with Gasteiger partial charge in [0.1, 0.15) is 17.3 Å². The van der Waals surface area contributed by atoms with E-state index in [1.54, 1.807) is 16.8 Å². The van der Waals surface area contributed by atoms with E-state index in [1.165, 1.54) is 18.6 Å². The van der Waals surface area contributed by atoms with Crippen molar-refractivity contribution in [2.45, 2.75) is 39.2 Å². The van der Waals surface area contributed by atoms with E-state index in [-0.39, 0.29) is 5.82 Å². The van der Waals surface area contributed by atoms with Crippen LogP contribution in [0.2, 0.25) is 0 Å². The predicted molar refractivity (Wildman–Crippen MR) is 81.6 cm³/mol. The number of halogens is 1. The minimum Gasteiger partial charge on any atom is -0.383 e. The molecule has 0 aliphatic heterocycles. The predicted octanol–water partition coefficient (Wildman–Crippen LogP) is 3.66. The van der Waals surface area contributed by atoms with Gasteiger partial charge in [-0.15, -0.1) is 0 Å². The molecule has 0 radical (unpaired) electrons. The molecule has 2 rings (SSSR count). The molecule has 0 spiro atoms. The molecule has 0 unspecified atom stereocenters. The molecule has 0 aliphatic rings. The molecule has 0 saturated heterocycles. The first kappa shape index (κ1) is 15.2. The molecule has 1 heterocycles. The summed E-state index contributed by atoms with van der Waals surface area (Å²) in [6.07, 6.45) is 5.13. The van der Waals surface area contributed by atoms with Gasteiger partial charge in [-0.1, -0.05) is 26.2 Å². The number of aryl methyl sites for hydroxylation is 1. The Morgan fingerprint density at radius 1 is 1.24 bits per heavy atom. The highest BCUT2D eigenvalue weighted by atomic mass is 19.1. The summed E-state index contributed by atoms with van der Waals surface area (Å²) in [5.74, 6) is 0.0548. The number of nitrogens with zero attached hydrogens (tertiary/aromatic N) is 2. The zero-order valence-electron chi connectivity index (χ0n) is 12.2. The molecule has 4 nitrogen and oxygen atoms in total. The minimum absolute atomic E-state index is 0.321. The molecule has 0 atom stereocenters. The average Bonchev–Trinajstić information content (AvgIpc) is 2.81. The zero-order valence-corrected chi connectivity index (χ0v) is 12.2. The molecule has 21 heavy (non-hydrogen) atoms. The van der Waals surface area contributed by atoms with Gasteiger partial charge in [0.05, 0.1) is 5.56 Å². The minimum atomic E-state index is -0.321. The lowest BCUT2D eigenvalue weighted by Crippen LogP contribution is -2.05. The first-order valence-corrected chi connectivity index (χ1v) is 7.24. The van der Waals surface area contributed by atoms with Crippen molar-refractivity contribution >= 4 is 12.1 Å². The number of benzene rings is 1. The van der Waals surface area contributed by atoms with E-state index in [0.29, 0.717) is 35.5 Å². The molecule has 1 aromatic heterocycles. The number of carbonyl (C=O) groups is 1. The molecule has 5 heteroatoms. The van der Waals surface area contributed by atoms with Gasteiger partial charge in [-0.3, -0.25) is 4.79 Å². The van der Waals surface area contributed by atoms with Crippen LogP contribution < -0.4 is 5.73 Å². The van der Waals surface area contributed by atoms with Crippen molar-refractivity contribution in [3.63, 3.8) is 0 Å². The zero-order chi connectivity index (χ0) is 15.2. The van der Waals surface area contributed by atoms with Gasteiger partial charge >= 0.3 is 0 Å². The Bertz CT molecular complexity index is 605. The summed E-state index contributed by atoms with van der Waals surface area (Å²) in [6, 6.07) is 5.90. The van der Waals surface area contributed by atoms with E-state index >= 15 is 0 Å². The molecule has 0 fully saturated rings. The van der Waals surface area contributed by atoms with Crippen molar-refractivity contribution in [1.82, 2.24) is 9.78 Å². The lowest BCUT2D eigenvalue weighted by molar-refractivity contribution is 0.112. The molecular weight excluding hydrogens is 269 g/mol. The average molecular weight is 289 g/mol. The second-order valence-corrected chi connectivity index (χ2v) is 5.06. The Labute approximate surface area is 123 Å². The number of nitrogens with two attached hydrogens (primary N) is 1. The quantitative estimate of drug-likeness (QED) is 0.625. The van der Waals surface area contributed by atoms with Crippen LogP contribution in [0.5, 0.6) is 0 Å². The van der Waals surface area contributed by atoms with Gasteiger partial charge in [0.25, 0.3) is 0 Å². The number of aldehydes is 1. The molecule has 0 saturated carbocycles. The fourth-order valence-corrected chi connectivity index (χ4v) is 2.28. The molecule has 1 aromatic carbocycles. The summed E-state index contributed by atoms with van der Waals surface area (Å²) in [7, 11) is 0. The second kappa shape index (κ2) is 7.02. The maximum absolute atomic E-state index is 13.0. The number of rotatable bonds is 7. The lowest BCUT2D eigenvalue weighted by Gasteiger charge is -2.03. The number of anilines is 1. The van der Waals surface area contributed by atoms with Crippen molar-refractivity contribution in [1.29, 1.82) is 0 Å². The number of unbranched alkanes of at least 4 members (excludes halogenated alkanes) is 3. The SMILES string of the molecule is CCCCCCn1nc(-c2ccc(F)cc2)c(C=O)c1N. The van der Waals surface area contributed by atoms with Gasteiger partial charge in [0.15, 0.2) is 6.29 Å². The number of carbonyl (C=O) groups excluding carboxylic acids is 1. The fraction of sp³-hybridized carbons (Fsp3) is 0.375.